The predicted octanol–water partition coefficient (Wildman–Crippen LogP) is 1.75. The average molecular weight is 233 g/mol. The Labute approximate surface area is 97.2 Å². The van der Waals surface area contributed by atoms with E-state index in [1.807, 2.05) is 30.5 Å². The summed E-state index contributed by atoms with van der Waals surface area (Å²) < 4.78 is 0. The van der Waals surface area contributed by atoms with Crippen molar-refractivity contribution in [2.75, 3.05) is 31.2 Å². The van der Waals surface area contributed by atoms with Gasteiger partial charge in [0.2, 0.25) is 5.91 Å². The fourth-order valence-electron chi connectivity index (χ4n) is 1.33. The van der Waals surface area contributed by atoms with E-state index in [1.54, 1.807) is 0 Å². The van der Waals surface area contributed by atoms with Crippen molar-refractivity contribution in [2.45, 2.75) is 33.1 Å². The molecule has 0 aromatic heterocycles. The maximum Gasteiger partial charge on any atom is 0.222 e. The molecule has 0 saturated heterocycles. The summed E-state index contributed by atoms with van der Waals surface area (Å²) in [5.74, 6) is 2.28. The van der Waals surface area contributed by atoms with Crippen molar-refractivity contribution in [3.8, 4) is 0 Å². The van der Waals surface area contributed by atoms with Crippen LogP contribution in [0.3, 0.4) is 0 Å². The minimum Gasteiger partial charge on any atom is -0.396 e. The molecular formula is C11H23NO2S. The second kappa shape index (κ2) is 10.3. The van der Waals surface area contributed by atoms with Gasteiger partial charge in [-0.1, -0.05) is 0 Å². The third kappa shape index (κ3) is 7.68. The van der Waals surface area contributed by atoms with Gasteiger partial charge >= 0.3 is 0 Å². The zero-order valence-electron chi connectivity index (χ0n) is 9.87. The first-order valence-electron chi connectivity index (χ1n) is 5.72. The van der Waals surface area contributed by atoms with E-state index in [9.17, 15) is 4.79 Å². The Balaban J connectivity index is 3.38. The highest BCUT2D eigenvalue weighted by Crippen LogP contribution is 2.07. The van der Waals surface area contributed by atoms with Gasteiger partial charge in [0.05, 0.1) is 0 Å². The van der Waals surface area contributed by atoms with Gasteiger partial charge in [-0.15, -0.1) is 0 Å². The lowest BCUT2D eigenvalue weighted by molar-refractivity contribution is -0.130. The van der Waals surface area contributed by atoms with Gasteiger partial charge in [-0.25, -0.2) is 0 Å². The molecule has 0 heterocycles. The van der Waals surface area contributed by atoms with Gasteiger partial charge in [0.25, 0.3) is 0 Å². The summed E-state index contributed by atoms with van der Waals surface area (Å²) in [7, 11) is 0. The lowest BCUT2D eigenvalue weighted by Crippen LogP contribution is -2.30. The van der Waals surface area contributed by atoms with Crippen molar-refractivity contribution < 1.29 is 9.90 Å². The molecule has 0 atom stereocenters. The van der Waals surface area contributed by atoms with Crippen LogP contribution in [0.1, 0.15) is 33.1 Å². The Morgan fingerprint density at radius 2 is 1.80 bits per heavy atom. The highest BCUT2D eigenvalue weighted by molar-refractivity contribution is 7.99. The molecule has 4 heteroatoms. The Morgan fingerprint density at radius 1 is 1.20 bits per heavy atom. The van der Waals surface area contributed by atoms with Crippen molar-refractivity contribution in [3.05, 3.63) is 0 Å². The Hall–Kier alpha value is -0.220. The van der Waals surface area contributed by atoms with Gasteiger partial charge in [0.15, 0.2) is 0 Å². The first-order chi connectivity index (χ1) is 7.26. The summed E-state index contributed by atoms with van der Waals surface area (Å²) in [5.41, 5.74) is 0. The van der Waals surface area contributed by atoms with Crippen molar-refractivity contribution in [3.63, 3.8) is 0 Å². The van der Waals surface area contributed by atoms with Crippen molar-refractivity contribution in [1.29, 1.82) is 0 Å². The van der Waals surface area contributed by atoms with Crippen LogP contribution in [-0.2, 0) is 4.79 Å². The molecule has 0 unspecified atom stereocenters. The molecule has 0 spiro atoms. The molecule has 0 aliphatic heterocycles. The number of hydrogen-bond acceptors (Lipinski definition) is 3. The molecule has 0 aromatic carbocycles. The number of rotatable bonds is 9. The number of thioether (sulfide) groups is 1. The number of nitrogens with zero attached hydrogens (tertiary/aromatic N) is 1. The van der Waals surface area contributed by atoms with Crippen molar-refractivity contribution >= 4 is 17.7 Å². The van der Waals surface area contributed by atoms with Gasteiger partial charge in [-0.3, -0.25) is 4.79 Å². The molecule has 0 aliphatic carbocycles. The quantitative estimate of drug-likeness (QED) is 0.617. The monoisotopic (exact) mass is 233 g/mol. The molecular weight excluding hydrogens is 210 g/mol. The maximum atomic E-state index is 11.6. The summed E-state index contributed by atoms with van der Waals surface area (Å²) in [6.45, 7) is 5.92. The zero-order valence-corrected chi connectivity index (χ0v) is 10.7. The van der Waals surface area contributed by atoms with Crippen molar-refractivity contribution in [1.82, 2.24) is 4.90 Å². The molecule has 3 nitrogen and oxygen atoms in total. The molecule has 0 aromatic rings. The van der Waals surface area contributed by atoms with E-state index in [-0.39, 0.29) is 12.5 Å². The summed E-state index contributed by atoms with van der Waals surface area (Å²) in [5, 5.41) is 8.57. The molecule has 0 bridgehead atoms. The number of aliphatic hydroxyl groups excluding tert-OH is 1. The largest absolute Gasteiger partial charge is 0.396 e. The average Bonchev–Trinajstić information content (AvgIpc) is 2.25. The molecule has 15 heavy (non-hydrogen) atoms. The Kier molecular flexibility index (Phi) is 10.2. The van der Waals surface area contributed by atoms with Crippen LogP contribution in [0, 0.1) is 0 Å². The zero-order chi connectivity index (χ0) is 11.5. The Bertz CT molecular complexity index is 161. The SMILES string of the molecule is CCN(CC)C(=O)CCCSCCCO. The number of amides is 1. The first kappa shape index (κ1) is 14.8. The van der Waals surface area contributed by atoms with Gasteiger partial charge in [-0.05, 0) is 38.2 Å². The number of carbonyl (C=O) groups excluding carboxylic acids is 1. The van der Waals surface area contributed by atoms with Gasteiger partial charge < -0.3 is 10.0 Å². The molecule has 0 radical (unpaired) electrons. The summed E-state index contributed by atoms with van der Waals surface area (Å²) in [4.78, 5) is 13.4. The fourth-order valence-corrected chi connectivity index (χ4v) is 2.21. The van der Waals surface area contributed by atoms with Gasteiger partial charge in [0, 0.05) is 26.1 Å². The molecule has 0 aliphatic rings. The van der Waals surface area contributed by atoms with Crippen molar-refractivity contribution in [2.24, 2.45) is 0 Å². The summed E-state index contributed by atoms with van der Waals surface area (Å²) in [6.07, 6.45) is 2.47. The van der Waals surface area contributed by atoms with E-state index in [1.165, 1.54) is 0 Å². The highest BCUT2D eigenvalue weighted by atomic mass is 32.2. The van der Waals surface area contributed by atoms with E-state index in [0.29, 0.717) is 6.42 Å². The third-order valence-electron chi connectivity index (χ3n) is 2.24. The Morgan fingerprint density at radius 3 is 2.33 bits per heavy atom. The normalized spacial score (nSPS) is 10.3. The highest BCUT2D eigenvalue weighted by Gasteiger charge is 2.07. The lowest BCUT2D eigenvalue weighted by Gasteiger charge is -2.18. The standard InChI is InChI=1S/C11H23NO2S/c1-3-12(4-2)11(14)7-5-9-15-10-6-8-13/h13H,3-10H2,1-2H3. The minimum absolute atomic E-state index is 0.266. The van der Waals surface area contributed by atoms with E-state index >= 15 is 0 Å². The number of aliphatic hydroxyl groups is 1. The second-order valence-corrected chi connectivity index (χ2v) is 4.58. The number of hydrogen-bond donors (Lipinski definition) is 1. The molecule has 1 N–H and O–H groups in total. The predicted molar refractivity (Wildman–Crippen MR) is 66.2 cm³/mol. The third-order valence-corrected chi connectivity index (χ3v) is 3.40. The molecule has 0 rings (SSSR count). The van der Waals surface area contributed by atoms with Crippen LogP contribution in [0.25, 0.3) is 0 Å². The smallest absolute Gasteiger partial charge is 0.222 e. The minimum atomic E-state index is 0.266. The fraction of sp³-hybridized carbons (Fsp3) is 0.909. The molecule has 90 valence electrons. The molecule has 0 saturated carbocycles. The van der Waals surface area contributed by atoms with Crippen LogP contribution in [0.2, 0.25) is 0 Å². The molecule has 1 amide bonds. The van der Waals surface area contributed by atoms with Gasteiger partial charge in [0.1, 0.15) is 0 Å². The van der Waals surface area contributed by atoms with Crippen LogP contribution >= 0.6 is 11.8 Å². The first-order valence-corrected chi connectivity index (χ1v) is 6.88. The van der Waals surface area contributed by atoms with E-state index in [0.717, 1.165) is 37.4 Å². The maximum absolute atomic E-state index is 11.6. The lowest BCUT2D eigenvalue weighted by atomic mass is 10.3. The van der Waals surface area contributed by atoms with Gasteiger partial charge in [-0.2, -0.15) is 11.8 Å². The number of carbonyl (C=O) groups is 1. The van der Waals surface area contributed by atoms with E-state index in [2.05, 4.69) is 0 Å². The summed E-state index contributed by atoms with van der Waals surface area (Å²) in [6, 6.07) is 0. The van der Waals surface area contributed by atoms with Crippen LogP contribution in [-0.4, -0.2) is 47.1 Å². The van der Waals surface area contributed by atoms with Crippen LogP contribution in [0.5, 0.6) is 0 Å². The molecule has 0 fully saturated rings. The summed E-state index contributed by atoms with van der Waals surface area (Å²) >= 11 is 1.82. The topological polar surface area (TPSA) is 40.5 Å². The van der Waals surface area contributed by atoms with Crippen LogP contribution in [0.4, 0.5) is 0 Å². The van der Waals surface area contributed by atoms with Crippen LogP contribution in [0.15, 0.2) is 0 Å². The van der Waals surface area contributed by atoms with E-state index in [4.69, 9.17) is 5.11 Å². The second-order valence-electron chi connectivity index (χ2n) is 3.36. The van der Waals surface area contributed by atoms with E-state index < -0.39 is 0 Å². The van der Waals surface area contributed by atoms with Crippen LogP contribution < -0.4 is 0 Å².